The summed E-state index contributed by atoms with van der Waals surface area (Å²) in [4.78, 5) is 46.5. The predicted molar refractivity (Wildman–Crippen MR) is 88.6 cm³/mol. The number of carboxylic acid groups (broad SMARTS) is 1. The average Bonchev–Trinajstić information content (AvgIpc) is 2.61. The Morgan fingerprint density at radius 1 is 1.27 bits per heavy atom. The number of aromatic nitrogens is 1. The van der Waals surface area contributed by atoms with Gasteiger partial charge in [0.25, 0.3) is 0 Å². The van der Waals surface area contributed by atoms with Gasteiger partial charge in [0.15, 0.2) is 0 Å². The number of alkyl carbamates (subject to hydrolysis) is 1. The normalized spacial score (nSPS) is 11.4. The molecule has 0 fully saturated rings. The first kappa shape index (κ1) is 18.6. The van der Waals surface area contributed by atoms with Gasteiger partial charge in [-0.05, 0) is 11.1 Å². The fourth-order valence-corrected chi connectivity index (χ4v) is 2.11. The summed E-state index contributed by atoms with van der Waals surface area (Å²) >= 11 is 0. The molecule has 0 aliphatic carbocycles. The van der Waals surface area contributed by atoms with E-state index in [-0.39, 0.29) is 18.6 Å². The van der Waals surface area contributed by atoms with E-state index in [4.69, 9.17) is 4.74 Å². The van der Waals surface area contributed by atoms with Crippen molar-refractivity contribution in [1.29, 1.82) is 0 Å². The van der Waals surface area contributed by atoms with Gasteiger partial charge in [-0.15, -0.1) is 0 Å². The van der Waals surface area contributed by atoms with Gasteiger partial charge in [0.2, 0.25) is 0 Å². The Bertz CT molecular complexity index is 864. The SMILES string of the molecule is O=C(NC(Cc1c[nH]c(=O)c([N+](=O)[O-])c1)C(=O)O)OCc1ccccc1. The van der Waals surface area contributed by atoms with Crippen LogP contribution in [0.2, 0.25) is 0 Å². The van der Waals surface area contributed by atoms with Gasteiger partial charge in [0, 0.05) is 18.7 Å². The molecule has 0 aliphatic rings. The Labute approximate surface area is 146 Å². The lowest BCUT2D eigenvalue weighted by Crippen LogP contribution is -2.42. The second-order valence-electron chi connectivity index (χ2n) is 5.28. The molecular formula is C16H15N3O7. The van der Waals surface area contributed by atoms with Crippen LogP contribution in [0.25, 0.3) is 0 Å². The molecule has 1 unspecified atom stereocenters. The molecule has 3 N–H and O–H groups in total. The number of carbonyl (C=O) groups excluding carboxylic acids is 1. The molecule has 1 atom stereocenters. The monoisotopic (exact) mass is 361 g/mol. The van der Waals surface area contributed by atoms with E-state index in [2.05, 4.69) is 10.3 Å². The highest BCUT2D eigenvalue weighted by Crippen LogP contribution is 2.09. The largest absolute Gasteiger partial charge is 0.480 e. The Morgan fingerprint density at radius 2 is 1.96 bits per heavy atom. The Balaban J connectivity index is 2.01. The number of carbonyl (C=O) groups is 2. The summed E-state index contributed by atoms with van der Waals surface area (Å²) in [6.07, 6.45) is -0.0597. The molecule has 26 heavy (non-hydrogen) atoms. The topological polar surface area (TPSA) is 152 Å². The third-order valence-corrected chi connectivity index (χ3v) is 3.38. The summed E-state index contributed by atoms with van der Waals surface area (Å²) in [6, 6.07) is 8.38. The Kier molecular flexibility index (Phi) is 6.04. The highest BCUT2D eigenvalue weighted by atomic mass is 16.6. The highest BCUT2D eigenvalue weighted by molar-refractivity contribution is 5.80. The maximum atomic E-state index is 11.8. The predicted octanol–water partition coefficient (Wildman–Crippen LogP) is 1.21. The summed E-state index contributed by atoms with van der Waals surface area (Å²) in [5.74, 6) is -1.35. The average molecular weight is 361 g/mol. The van der Waals surface area contributed by atoms with E-state index in [9.17, 15) is 29.6 Å². The van der Waals surface area contributed by atoms with Crippen molar-refractivity contribution in [2.45, 2.75) is 19.1 Å². The molecule has 0 bridgehead atoms. The molecule has 136 valence electrons. The molecule has 2 rings (SSSR count). The molecule has 0 radical (unpaired) electrons. The van der Waals surface area contributed by atoms with Crippen molar-refractivity contribution in [3.8, 4) is 0 Å². The van der Waals surface area contributed by atoms with Gasteiger partial charge < -0.3 is 20.1 Å². The molecular weight excluding hydrogens is 346 g/mol. The van der Waals surface area contributed by atoms with Crippen molar-refractivity contribution in [1.82, 2.24) is 10.3 Å². The van der Waals surface area contributed by atoms with Crippen molar-refractivity contribution in [2.75, 3.05) is 0 Å². The van der Waals surface area contributed by atoms with Crippen LogP contribution in [0, 0.1) is 10.1 Å². The smallest absolute Gasteiger partial charge is 0.408 e. The van der Waals surface area contributed by atoms with Crippen molar-refractivity contribution < 1.29 is 24.4 Å². The summed E-state index contributed by atoms with van der Waals surface area (Å²) in [5, 5.41) is 22.2. The van der Waals surface area contributed by atoms with Crippen LogP contribution in [0.15, 0.2) is 47.4 Å². The van der Waals surface area contributed by atoms with E-state index >= 15 is 0 Å². The van der Waals surface area contributed by atoms with Gasteiger partial charge in [-0.3, -0.25) is 14.9 Å². The van der Waals surface area contributed by atoms with Gasteiger partial charge in [0.05, 0.1) is 4.92 Å². The first-order valence-electron chi connectivity index (χ1n) is 7.43. The number of aromatic amines is 1. The number of nitrogens with one attached hydrogen (secondary N) is 2. The van der Waals surface area contributed by atoms with Crippen LogP contribution in [0.3, 0.4) is 0 Å². The van der Waals surface area contributed by atoms with Crippen molar-refractivity contribution in [3.63, 3.8) is 0 Å². The number of rotatable bonds is 7. The molecule has 0 saturated carbocycles. The summed E-state index contributed by atoms with van der Waals surface area (Å²) in [5.41, 5.74) is -0.711. The first-order chi connectivity index (χ1) is 12.4. The van der Waals surface area contributed by atoms with Gasteiger partial charge in [-0.25, -0.2) is 9.59 Å². The lowest BCUT2D eigenvalue weighted by molar-refractivity contribution is -0.386. The van der Waals surface area contributed by atoms with E-state index in [1.807, 2.05) is 0 Å². The second kappa shape index (κ2) is 8.42. The minimum absolute atomic E-state index is 0.0386. The Hall–Kier alpha value is -3.69. The quantitative estimate of drug-likeness (QED) is 0.495. The molecule has 1 aromatic carbocycles. The number of nitrogens with zero attached hydrogens (tertiary/aromatic N) is 1. The van der Waals surface area contributed by atoms with Gasteiger partial charge in [-0.1, -0.05) is 30.3 Å². The van der Waals surface area contributed by atoms with Crippen molar-refractivity contribution in [3.05, 3.63) is 74.2 Å². The number of H-pyrrole nitrogens is 1. The molecule has 1 aromatic heterocycles. The molecule has 0 saturated heterocycles. The van der Waals surface area contributed by atoms with Crippen molar-refractivity contribution in [2.24, 2.45) is 0 Å². The third kappa shape index (κ3) is 5.16. The molecule has 10 nitrogen and oxygen atoms in total. The molecule has 1 heterocycles. The molecule has 1 amide bonds. The van der Waals surface area contributed by atoms with Crippen LogP contribution in [0.5, 0.6) is 0 Å². The lowest BCUT2D eigenvalue weighted by atomic mass is 10.1. The van der Waals surface area contributed by atoms with E-state index in [0.717, 1.165) is 17.8 Å². The van der Waals surface area contributed by atoms with E-state index in [0.29, 0.717) is 0 Å². The minimum atomic E-state index is -1.39. The maximum Gasteiger partial charge on any atom is 0.408 e. The number of aliphatic carboxylic acids is 1. The zero-order valence-electron chi connectivity index (χ0n) is 13.4. The number of hydrogen-bond acceptors (Lipinski definition) is 6. The summed E-state index contributed by atoms with van der Waals surface area (Å²) in [6.45, 7) is -0.0386. The summed E-state index contributed by atoms with van der Waals surface area (Å²) < 4.78 is 4.95. The number of pyridine rings is 1. The number of carboxylic acids is 1. The second-order valence-corrected chi connectivity index (χ2v) is 5.28. The van der Waals surface area contributed by atoms with Crippen LogP contribution < -0.4 is 10.9 Å². The van der Waals surface area contributed by atoms with Crippen LogP contribution in [0.4, 0.5) is 10.5 Å². The highest BCUT2D eigenvalue weighted by Gasteiger charge is 2.23. The third-order valence-electron chi connectivity index (χ3n) is 3.38. The van der Waals surface area contributed by atoms with Crippen LogP contribution >= 0.6 is 0 Å². The minimum Gasteiger partial charge on any atom is -0.480 e. The molecule has 0 aliphatic heterocycles. The number of nitro groups is 1. The standard InChI is InChI=1S/C16H15N3O7/c20-14-13(19(24)25)7-11(8-17-14)6-12(15(21)22)18-16(23)26-9-10-4-2-1-3-5-10/h1-5,7-8,12H,6,9H2,(H,17,20)(H,18,23)(H,21,22). The number of benzene rings is 1. The number of hydrogen-bond donors (Lipinski definition) is 3. The Morgan fingerprint density at radius 3 is 2.58 bits per heavy atom. The van der Waals surface area contributed by atoms with Crippen molar-refractivity contribution >= 4 is 17.7 Å². The zero-order chi connectivity index (χ0) is 19.1. The van der Waals surface area contributed by atoms with Crippen LogP contribution in [-0.2, 0) is 22.6 Å². The number of amides is 1. The zero-order valence-corrected chi connectivity index (χ0v) is 13.4. The first-order valence-corrected chi connectivity index (χ1v) is 7.43. The molecule has 2 aromatic rings. The van der Waals surface area contributed by atoms with Gasteiger partial charge in [0.1, 0.15) is 12.6 Å². The van der Waals surface area contributed by atoms with Crippen LogP contribution in [-0.4, -0.2) is 33.1 Å². The fourth-order valence-electron chi connectivity index (χ4n) is 2.11. The number of ether oxygens (including phenoxy) is 1. The maximum absolute atomic E-state index is 11.8. The fraction of sp³-hybridized carbons (Fsp3) is 0.188. The lowest BCUT2D eigenvalue weighted by Gasteiger charge is -2.14. The van der Waals surface area contributed by atoms with Crippen LogP contribution in [0.1, 0.15) is 11.1 Å². The van der Waals surface area contributed by atoms with E-state index < -0.39 is 34.3 Å². The summed E-state index contributed by atoms with van der Waals surface area (Å²) in [7, 11) is 0. The van der Waals surface area contributed by atoms with Gasteiger partial charge in [-0.2, -0.15) is 0 Å². The van der Waals surface area contributed by atoms with E-state index in [1.54, 1.807) is 30.3 Å². The molecule has 0 spiro atoms. The van der Waals surface area contributed by atoms with Gasteiger partial charge >= 0.3 is 23.3 Å². The van der Waals surface area contributed by atoms with E-state index in [1.165, 1.54) is 0 Å². The molecule has 10 heteroatoms.